The van der Waals surface area contributed by atoms with Gasteiger partial charge >= 0.3 is 0 Å². The van der Waals surface area contributed by atoms with E-state index in [0.29, 0.717) is 45.5 Å². The van der Waals surface area contributed by atoms with E-state index in [1.807, 2.05) is 30.5 Å². The third kappa shape index (κ3) is 4.95. The first-order valence-corrected chi connectivity index (χ1v) is 11.9. The summed E-state index contributed by atoms with van der Waals surface area (Å²) in [5.74, 6) is 2.43. The molecule has 3 heterocycles. The van der Waals surface area contributed by atoms with E-state index in [2.05, 4.69) is 29.9 Å². The lowest BCUT2D eigenvalue weighted by Crippen LogP contribution is -2.12. The summed E-state index contributed by atoms with van der Waals surface area (Å²) in [6.45, 7) is 1.92. The molecule has 1 aromatic carbocycles. The molecular formula is C21H22FN7O3S2. The highest BCUT2D eigenvalue weighted by Crippen LogP contribution is 2.38. The van der Waals surface area contributed by atoms with Crippen LogP contribution >= 0.6 is 23.3 Å². The summed E-state index contributed by atoms with van der Waals surface area (Å²) in [5, 5.41) is 11.4. The normalized spacial score (nSPS) is 11.9. The number of methoxy groups -OCH3 is 3. The van der Waals surface area contributed by atoms with Crippen molar-refractivity contribution in [3.63, 3.8) is 0 Å². The smallest absolute Gasteiger partial charge is 0.239 e. The van der Waals surface area contributed by atoms with Gasteiger partial charge in [0.2, 0.25) is 5.95 Å². The second kappa shape index (κ2) is 10.8. The number of benzene rings is 1. The van der Waals surface area contributed by atoms with Crippen LogP contribution in [0.2, 0.25) is 0 Å². The lowest BCUT2D eigenvalue weighted by atomic mass is 10.2. The van der Waals surface area contributed by atoms with Gasteiger partial charge in [0.25, 0.3) is 0 Å². The van der Waals surface area contributed by atoms with E-state index < -0.39 is 11.9 Å². The van der Waals surface area contributed by atoms with Crippen LogP contribution in [0.25, 0.3) is 16.5 Å². The van der Waals surface area contributed by atoms with E-state index in [1.165, 1.54) is 23.3 Å². The number of nitrogens with one attached hydrogen (secondary N) is 1. The zero-order valence-corrected chi connectivity index (χ0v) is 20.5. The Morgan fingerprint density at radius 1 is 1.12 bits per heavy atom. The van der Waals surface area contributed by atoms with Crippen molar-refractivity contribution < 1.29 is 18.6 Å². The van der Waals surface area contributed by atoms with Crippen molar-refractivity contribution in [1.82, 2.24) is 29.7 Å². The molecular weight excluding hydrogens is 481 g/mol. The maximum Gasteiger partial charge on any atom is 0.239 e. The number of aromatic nitrogens is 6. The fraction of sp³-hybridized carbons (Fsp3) is 0.286. The molecule has 1 unspecified atom stereocenters. The van der Waals surface area contributed by atoms with Crippen LogP contribution in [0.15, 0.2) is 36.0 Å². The van der Waals surface area contributed by atoms with Gasteiger partial charge in [-0.15, -0.1) is 21.5 Å². The molecule has 0 saturated carbocycles. The first-order chi connectivity index (χ1) is 16.5. The van der Waals surface area contributed by atoms with Gasteiger partial charge in [0.1, 0.15) is 23.3 Å². The predicted octanol–water partition coefficient (Wildman–Crippen LogP) is 4.09. The molecule has 13 heteroatoms. The van der Waals surface area contributed by atoms with Crippen LogP contribution in [0, 0.1) is 12.7 Å². The minimum atomic E-state index is -0.506. The number of thiazole rings is 1. The molecule has 10 nitrogen and oxygen atoms in total. The van der Waals surface area contributed by atoms with Crippen molar-refractivity contribution in [3.05, 3.63) is 53.3 Å². The van der Waals surface area contributed by atoms with Gasteiger partial charge in [0.15, 0.2) is 22.5 Å². The molecule has 0 aliphatic carbocycles. The Balaban J connectivity index is 1.67. The standard InChI is InChI=1S/C21H22FN7O3S2/c1-12-10-33-20(25-12)19-26-27-21(29(19)17-14(30-2)6-5-7-15(17)31-3)28-34-11-16(32-4)18-23-8-13(22)9-24-18/h5-10,16H,11H2,1-4H3,(H,27,28). The summed E-state index contributed by atoms with van der Waals surface area (Å²) in [5.41, 5.74) is 1.52. The van der Waals surface area contributed by atoms with Gasteiger partial charge in [-0.1, -0.05) is 6.07 Å². The summed E-state index contributed by atoms with van der Waals surface area (Å²) in [4.78, 5) is 12.6. The molecule has 0 bridgehead atoms. The quantitative estimate of drug-likeness (QED) is 0.318. The summed E-state index contributed by atoms with van der Waals surface area (Å²) in [7, 11) is 4.72. The number of hydrogen-bond donors (Lipinski definition) is 1. The van der Waals surface area contributed by atoms with E-state index in [-0.39, 0.29) is 0 Å². The lowest BCUT2D eigenvalue weighted by Gasteiger charge is -2.17. The number of aryl methyl sites for hydroxylation is 1. The average molecular weight is 504 g/mol. The minimum Gasteiger partial charge on any atom is -0.494 e. The SMILES string of the molecule is COc1cccc(OC)c1-n1c(NSCC(OC)c2ncc(F)cn2)nnc1-c1nc(C)cs1. The Kier molecular flexibility index (Phi) is 7.55. The van der Waals surface area contributed by atoms with Crippen LogP contribution < -0.4 is 14.2 Å². The van der Waals surface area contributed by atoms with E-state index in [4.69, 9.17) is 14.2 Å². The van der Waals surface area contributed by atoms with E-state index in [0.717, 1.165) is 18.1 Å². The average Bonchev–Trinajstić information content (AvgIpc) is 3.47. The van der Waals surface area contributed by atoms with Crippen LogP contribution in [0.4, 0.5) is 10.3 Å². The Morgan fingerprint density at radius 3 is 2.41 bits per heavy atom. The van der Waals surface area contributed by atoms with Crippen molar-refractivity contribution >= 4 is 29.2 Å². The highest BCUT2D eigenvalue weighted by atomic mass is 32.2. The van der Waals surface area contributed by atoms with Crippen LogP contribution in [0.1, 0.15) is 17.6 Å². The number of anilines is 1. The van der Waals surface area contributed by atoms with Crippen LogP contribution in [0.3, 0.4) is 0 Å². The number of nitrogens with zero attached hydrogens (tertiary/aromatic N) is 6. The third-order valence-electron chi connectivity index (χ3n) is 4.71. The zero-order chi connectivity index (χ0) is 24.1. The molecule has 0 amide bonds. The largest absolute Gasteiger partial charge is 0.494 e. The molecule has 0 aliphatic heterocycles. The third-order valence-corrected chi connectivity index (χ3v) is 6.46. The number of ether oxygens (including phenoxy) is 3. The molecule has 1 N–H and O–H groups in total. The van der Waals surface area contributed by atoms with Gasteiger partial charge in [-0.2, -0.15) is 0 Å². The van der Waals surface area contributed by atoms with E-state index in [9.17, 15) is 4.39 Å². The number of rotatable bonds is 10. The van der Waals surface area contributed by atoms with E-state index in [1.54, 1.807) is 25.9 Å². The molecule has 0 radical (unpaired) electrons. The van der Waals surface area contributed by atoms with Crippen LogP contribution in [-0.4, -0.2) is 56.8 Å². The fourth-order valence-corrected chi connectivity index (χ4v) is 4.68. The number of halogens is 1. The first-order valence-electron chi connectivity index (χ1n) is 10.0. The highest BCUT2D eigenvalue weighted by molar-refractivity contribution is 8.00. The van der Waals surface area contributed by atoms with Gasteiger partial charge in [0.05, 0.1) is 26.6 Å². The summed E-state index contributed by atoms with van der Waals surface area (Å²) in [6.07, 6.45) is 1.76. The molecule has 1 atom stereocenters. The second-order valence-corrected chi connectivity index (χ2v) is 8.57. The molecule has 0 aliphatic rings. The van der Waals surface area contributed by atoms with Crippen molar-refractivity contribution in [2.75, 3.05) is 31.8 Å². The maximum atomic E-state index is 13.2. The Bertz CT molecular complexity index is 1230. The monoisotopic (exact) mass is 503 g/mol. The van der Waals surface area contributed by atoms with Crippen molar-refractivity contribution in [3.8, 4) is 28.0 Å². The van der Waals surface area contributed by atoms with E-state index >= 15 is 0 Å². The van der Waals surface area contributed by atoms with Crippen molar-refractivity contribution in [2.45, 2.75) is 13.0 Å². The lowest BCUT2D eigenvalue weighted by molar-refractivity contribution is 0.115. The Labute approximate surface area is 203 Å². The van der Waals surface area contributed by atoms with Gasteiger partial charge in [-0.3, -0.25) is 9.29 Å². The highest BCUT2D eigenvalue weighted by Gasteiger charge is 2.24. The van der Waals surface area contributed by atoms with Gasteiger partial charge in [-0.25, -0.2) is 19.3 Å². The van der Waals surface area contributed by atoms with Gasteiger partial charge in [0, 0.05) is 23.9 Å². The summed E-state index contributed by atoms with van der Waals surface area (Å²) < 4.78 is 34.9. The molecule has 178 valence electrons. The molecule has 4 aromatic rings. The Hall–Kier alpha value is -3.29. The number of hydrogen-bond acceptors (Lipinski definition) is 11. The zero-order valence-electron chi connectivity index (χ0n) is 18.9. The molecule has 34 heavy (non-hydrogen) atoms. The molecule has 0 saturated heterocycles. The molecule has 3 aromatic heterocycles. The minimum absolute atomic E-state index is 0.380. The van der Waals surface area contributed by atoms with Gasteiger partial charge < -0.3 is 14.2 Å². The predicted molar refractivity (Wildman–Crippen MR) is 128 cm³/mol. The van der Waals surface area contributed by atoms with Crippen LogP contribution in [0.5, 0.6) is 11.5 Å². The second-order valence-electron chi connectivity index (χ2n) is 6.88. The molecule has 4 rings (SSSR count). The van der Waals surface area contributed by atoms with Gasteiger partial charge in [-0.05, 0) is 31.0 Å². The fourth-order valence-electron chi connectivity index (χ4n) is 3.13. The van der Waals surface area contributed by atoms with Crippen molar-refractivity contribution in [2.24, 2.45) is 0 Å². The number of para-hydroxylation sites is 1. The first kappa shape index (κ1) is 23.9. The summed E-state index contributed by atoms with van der Waals surface area (Å²) >= 11 is 2.78. The molecule has 0 fully saturated rings. The maximum absolute atomic E-state index is 13.2. The summed E-state index contributed by atoms with van der Waals surface area (Å²) in [6, 6.07) is 5.50. The van der Waals surface area contributed by atoms with Crippen molar-refractivity contribution in [1.29, 1.82) is 0 Å². The molecule has 0 spiro atoms. The topological polar surface area (TPSA) is 109 Å². The Morgan fingerprint density at radius 2 is 1.82 bits per heavy atom. The van der Waals surface area contributed by atoms with Crippen LogP contribution in [-0.2, 0) is 4.74 Å².